The third kappa shape index (κ3) is 3.13. The van der Waals surface area contributed by atoms with Gasteiger partial charge in [-0.05, 0) is 36.2 Å². The maximum atomic E-state index is 10.5. The van der Waals surface area contributed by atoms with E-state index in [0.717, 1.165) is 16.8 Å². The van der Waals surface area contributed by atoms with Gasteiger partial charge in [-0.15, -0.1) is 0 Å². The number of benzene rings is 1. The zero-order valence-electron chi connectivity index (χ0n) is 10.8. The highest BCUT2D eigenvalue weighted by molar-refractivity contribution is 6.31. The number of pyridine rings is 1. The van der Waals surface area contributed by atoms with E-state index in [1.165, 1.54) is 0 Å². The fourth-order valence-corrected chi connectivity index (χ4v) is 2.22. The average molecular weight is 277 g/mol. The Morgan fingerprint density at radius 1 is 1.32 bits per heavy atom. The predicted octanol–water partition coefficient (Wildman–Crippen LogP) is 2.82. The molecule has 0 saturated carbocycles. The zero-order chi connectivity index (χ0) is 13.8. The van der Waals surface area contributed by atoms with Gasteiger partial charge < -0.3 is 10.8 Å². The summed E-state index contributed by atoms with van der Waals surface area (Å²) in [7, 11) is 0. The number of aliphatic hydroxyl groups is 1. The topological polar surface area (TPSA) is 59.1 Å². The van der Waals surface area contributed by atoms with Crippen LogP contribution in [0.3, 0.4) is 0 Å². The number of hydrogen-bond acceptors (Lipinski definition) is 3. The Labute approximate surface area is 118 Å². The Morgan fingerprint density at radius 2 is 2.11 bits per heavy atom. The molecule has 2 atom stereocenters. The molecule has 2 unspecified atom stereocenters. The van der Waals surface area contributed by atoms with E-state index in [0.29, 0.717) is 11.6 Å². The lowest BCUT2D eigenvalue weighted by molar-refractivity contribution is 0.145. The molecule has 0 bridgehead atoms. The van der Waals surface area contributed by atoms with Crippen LogP contribution in [-0.2, 0) is 0 Å². The van der Waals surface area contributed by atoms with E-state index in [4.69, 9.17) is 17.3 Å². The predicted molar refractivity (Wildman–Crippen MR) is 77.2 cm³/mol. The Balaban J connectivity index is 2.30. The summed E-state index contributed by atoms with van der Waals surface area (Å²) in [5.74, 6) is -0.236. The SMILES string of the molecule is Cc1ccc(C(O)C(CN)c2ccccn2)cc1Cl. The number of halogens is 1. The number of hydrogen-bond donors (Lipinski definition) is 2. The molecule has 1 aromatic heterocycles. The van der Waals surface area contributed by atoms with Gasteiger partial charge in [0.2, 0.25) is 0 Å². The first-order valence-corrected chi connectivity index (χ1v) is 6.56. The Morgan fingerprint density at radius 3 is 2.68 bits per heavy atom. The molecule has 0 aliphatic rings. The number of rotatable bonds is 4. The van der Waals surface area contributed by atoms with Crippen molar-refractivity contribution in [1.82, 2.24) is 4.98 Å². The molecule has 19 heavy (non-hydrogen) atoms. The fraction of sp³-hybridized carbons (Fsp3) is 0.267. The van der Waals surface area contributed by atoms with Crippen LogP contribution in [-0.4, -0.2) is 16.6 Å². The van der Waals surface area contributed by atoms with Crippen LogP contribution in [0.25, 0.3) is 0 Å². The standard InChI is InChI=1S/C15H17ClN2O/c1-10-5-6-11(8-13(10)16)15(19)12(9-17)14-4-2-3-7-18-14/h2-8,12,15,19H,9,17H2,1H3. The number of aromatic nitrogens is 1. The van der Waals surface area contributed by atoms with Gasteiger partial charge in [0.05, 0.1) is 6.10 Å². The third-order valence-corrected chi connectivity index (χ3v) is 3.65. The molecule has 0 aliphatic heterocycles. The normalized spacial score (nSPS) is 14.1. The number of aliphatic hydroxyl groups excluding tert-OH is 1. The molecule has 0 radical (unpaired) electrons. The fourth-order valence-electron chi connectivity index (χ4n) is 2.03. The van der Waals surface area contributed by atoms with E-state index < -0.39 is 6.10 Å². The Bertz CT molecular complexity index is 545. The van der Waals surface area contributed by atoms with Gasteiger partial charge in [-0.25, -0.2) is 0 Å². The number of aryl methyl sites for hydroxylation is 1. The van der Waals surface area contributed by atoms with Crippen LogP contribution in [0, 0.1) is 6.92 Å². The maximum absolute atomic E-state index is 10.5. The summed E-state index contributed by atoms with van der Waals surface area (Å²) in [6.07, 6.45) is 0.991. The molecule has 0 fully saturated rings. The van der Waals surface area contributed by atoms with Crippen molar-refractivity contribution in [3.05, 3.63) is 64.4 Å². The Hall–Kier alpha value is -1.42. The van der Waals surface area contributed by atoms with Crippen LogP contribution >= 0.6 is 11.6 Å². The molecule has 0 aliphatic carbocycles. The van der Waals surface area contributed by atoms with Crippen LogP contribution < -0.4 is 5.73 Å². The van der Waals surface area contributed by atoms with Gasteiger partial charge in [0, 0.05) is 29.4 Å². The van der Waals surface area contributed by atoms with Gasteiger partial charge in [-0.1, -0.05) is 29.8 Å². The third-order valence-electron chi connectivity index (χ3n) is 3.24. The summed E-state index contributed by atoms with van der Waals surface area (Å²) in [5.41, 5.74) is 8.31. The molecular formula is C15H17ClN2O. The lowest BCUT2D eigenvalue weighted by Gasteiger charge is -2.21. The van der Waals surface area contributed by atoms with E-state index in [-0.39, 0.29) is 5.92 Å². The van der Waals surface area contributed by atoms with Crippen LogP contribution in [0.4, 0.5) is 0 Å². The van der Waals surface area contributed by atoms with Gasteiger partial charge in [0.1, 0.15) is 0 Å². The van der Waals surface area contributed by atoms with Crippen LogP contribution in [0.1, 0.15) is 28.8 Å². The van der Waals surface area contributed by atoms with Crippen LogP contribution in [0.5, 0.6) is 0 Å². The van der Waals surface area contributed by atoms with Gasteiger partial charge in [-0.3, -0.25) is 4.98 Å². The Kier molecular flexibility index (Phi) is 4.53. The first-order chi connectivity index (χ1) is 9.13. The molecular weight excluding hydrogens is 260 g/mol. The van der Waals surface area contributed by atoms with Gasteiger partial charge in [-0.2, -0.15) is 0 Å². The molecule has 1 heterocycles. The largest absolute Gasteiger partial charge is 0.388 e. The summed E-state index contributed by atoms with van der Waals surface area (Å²) in [6, 6.07) is 11.2. The first-order valence-electron chi connectivity index (χ1n) is 6.18. The molecule has 2 rings (SSSR count). The van der Waals surface area contributed by atoms with E-state index in [1.807, 2.05) is 37.3 Å². The molecule has 1 aromatic carbocycles. The van der Waals surface area contributed by atoms with Crippen molar-refractivity contribution in [3.63, 3.8) is 0 Å². The monoisotopic (exact) mass is 276 g/mol. The summed E-state index contributed by atoms with van der Waals surface area (Å²) in [4.78, 5) is 4.26. The highest BCUT2D eigenvalue weighted by atomic mass is 35.5. The summed E-state index contributed by atoms with van der Waals surface area (Å²) >= 11 is 6.09. The lowest BCUT2D eigenvalue weighted by atomic mass is 9.92. The van der Waals surface area contributed by atoms with Crippen molar-refractivity contribution < 1.29 is 5.11 Å². The van der Waals surface area contributed by atoms with E-state index >= 15 is 0 Å². The minimum atomic E-state index is -0.710. The van der Waals surface area contributed by atoms with E-state index in [9.17, 15) is 5.11 Å². The molecule has 0 saturated heterocycles. The zero-order valence-corrected chi connectivity index (χ0v) is 11.5. The van der Waals surface area contributed by atoms with Crippen LogP contribution in [0.2, 0.25) is 5.02 Å². The minimum Gasteiger partial charge on any atom is -0.388 e. The lowest BCUT2D eigenvalue weighted by Crippen LogP contribution is -2.21. The number of nitrogens with zero attached hydrogens (tertiary/aromatic N) is 1. The molecule has 2 aromatic rings. The second kappa shape index (κ2) is 6.15. The second-order valence-electron chi connectivity index (χ2n) is 4.55. The van der Waals surface area contributed by atoms with Crippen molar-refractivity contribution in [3.8, 4) is 0 Å². The van der Waals surface area contributed by atoms with E-state index in [1.54, 1.807) is 12.3 Å². The van der Waals surface area contributed by atoms with Gasteiger partial charge >= 0.3 is 0 Å². The van der Waals surface area contributed by atoms with Crippen molar-refractivity contribution in [2.45, 2.75) is 18.9 Å². The minimum absolute atomic E-state index is 0.236. The second-order valence-corrected chi connectivity index (χ2v) is 4.96. The molecule has 100 valence electrons. The smallest absolute Gasteiger partial charge is 0.0886 e. The number of nitrogens with two attached hydrogens (primary N) is 1. The van der Waals surface area contributed by atoms with Crippen molar-refractivity contribution in [2.24, 2.45) is 5.73 Å². The van der Waals surface area contributed by atoms with Crippen molar-refractivity contribution in [1.29, 1.82) is 0 Å². The quantitative estimate of drug-likeness (QED) is 0.903. The summed E-state index contributed by atoms with van der Waals surface area (Å²) in [6.45, 7) is 2.25. The van der Waals surface area contributed by atoms with E-state index in [2.05, 4.69) is 4.98 Å². The highest BCUT2D eigenvalue weighted by Gasteiger charge is 2.22. The van der Waals surface area contributed by atoms with Crippen molar-refractivity contribution in [2.75, 3.05) is 6.54 Å². The highest BCUT2D eigenvalue weighted by Crippen LogP contribution is 2.31. The molecule has 4 heteroatoms. The first kappa shape index (κ1) is 14.0. The molecule has 0 spiro atoms. The van der Waals surface area contributed by atoms with Gasteiger partial charge in [0.15, 0.2) is 0 Å². The van der Waals surface area contributed by atoms with Crippen molar-refractivity contribution >= 4 is 11.6 Å². The molecule has 3 nitrogen and oxygen atoms in total. The van der Waals surface area contributed by atoms with Gasteiger partial charge in [0.25, 0.3) is 0 Å². The average Bonchev–Trinajstić information content (AvgIpc) is 2.44. The van der Waals surface area contributed by atoms with Crippen LogP contribution in [0.15, 0.2) is 42.6 Å². The summed E-state index contributed by atoms with van der Waals surface area (Å²) in [5, 5.41) is 11.1. The summed E-state index contributed by atoms with van der Waals surface area (Å²) < 4.78 is 0. The molecule has 0 amide bonds. The maximum Gasteiger partial charge on any atom is 0.0886 e. The molecule has 3 N–H and O–H groups in total.